The first kappa shape index (κ1) is 7.53. The number of rotatable bonds is 1. The standard InChI is InChI=1S/C8H14O3/c9-8(3-5-10-6-8)7-2-1-4-11-7/h7,9H,1-6H2. The number of ether oxygens (including phenoxy) is 2. The van der Waals surface area contributed by atoms with Gasteiger partial charge in [-0.1, -0.05) is 0 Å². The highest BCUT2D eigenvalue weighted by molar-refractivity contribution is 4.92. The fourth-order valence-electron chi connectivity index (χ4n) is 1.83. The first-order chi connectivity index (χ1) is 5.31. The normalized spacial score (nSPS) is 45.0. The van der Waals surface area contributed by atoms with Gasteiger partial charge in [-0.15, -0.1) is 0 Å². The van der Waals surface area contributed by atoms with Gasteiger partial charge in [-0.05, 0) is 12.8 Å². The summed E-state index contributed by atoms with van der Waals surface area (Å²) in [6.07, 6.45) is 2.83. The lowest BCUT2D eigenvalue weighted by Crippen LogP contribution is -2.42. The molecule has 2 saturated heterocycles. The molecule has 0 aromatic carbocycles. The highest BCUT2D eigenvalue weighted by Gasteiger charge is 2.42. The van der Waals surface area contributed by atoms with Crippen molar-refractivity contribution in [2.45, 2.75) is 31.0 Å². The zero-order chi connectivity index (χ0) is 7.73. The van der Waals surface area contributed by atoms with E-state index in [4.69, 9.17) is 9.47 Å². The molecule has 2 heterocycles. The third kappa shape index (κ3) is 1.28. The molecule has 3 heteroatoms. The Hall–Kier alpha value is -0.120. The van der Waals surface area contributed by atoms with E-state index in [0.29, 0.717) is 13.2 Å². The second-order valence-corrected chi connectivity index (χ2v) is 3.41. The monoisotopic (exact) mass is 158 g/mol. The molecule has 0 aromatic rings. The van der Waals surface area contributed by atoms with E-state index in [2.05, 4.69) is 0 Å². The van der Waals surface area contributed by atoms with Gasteiger partial charge >= 0.3 is 0 Å². The Morgan fingerprint density at radius 2 is 2.27 bits per heavy atom. The first-order valence-electron chi connectivity index (χ1n) is 4.23. The van der Waals surface area contributed by atoms with E-state index in [1.807, 2.05) is 0 Å². The Bertz CT molecular complexity index is 134. The van der Waals surface area contributed by atoms with Gasteiger partial charge in [0.25, 0.3) is 0 Å². The summed E-state index contributed by atoms with van der Waals surface area (Å²) < 4.78 is 10.6. The molecule has 0 amide bonds. The van der Waals surface area contributed by atoms with Crippen LogP contribution in [0.1, 0.15) is 19.3 Å². The fraction of sp³-hybridized carbons (Fsp3) is 1.00. The van der Waals surface area contributed by atoms with E-state index in [9.17, 15) is 5.11 Å². The minimum atomic E-state index is -0.670. The molecule has 11 heavy (non-hydrogen) atoms. The summed E-state index contributed by atoms with van der Waals surface area (Å²) in [6.45, 7) is 1.93. The summed E-state index contributed by atoms with van der Waals surface area (Å²) in [4.78, 5) is 0. The van der Waals surface area contributed by atoms with E-state index < -0.39 is 5.60 Å². The Morgan fingerprint density at radius 3 is 2.82 bits per heavy atom. The molecular formula is C8H14O3. The molecule has 64 valence electrons. The molecule has 0 spiro atoms. The molecule has 2 rings (SSSR count). The van der Waals surface area contributed by atoms with Crippen LogP contribution in [0.5, 0.6) is 0 Å². The van der Waals surface area contributed by atoms with Crippen LogP contribution in [0, 0.1) is 0 Å². The average Bonchev–Trinajstić information content (AvgIpc) is 2.55. The van der Waals surface area contributed by atoms with E-state index in [1.54, 1.807) is 0 Å². The van der Waals surface area contributed by atoms with Crippen molar-refractivity contribution in [2.24, 2.45) is 0 Å². The van der Waals surface area contributed by atoms with Gasteiger partial charge in [0.05, 0.1) is 12.7 Å². The van der Waals surface area contributed by atoms with Gasteiger partial charge in [-0.3, -0.25) is 0 Å². The van der Waals surface area contributed by atoms with Gasteiger partial charge in [-0.25, -0.2) is 0 Å². The Labute approximate surface area is 66.3 Å². The lowest BCUT2D eigenvalue weighted by molar-refractivity contribution is -0.0854. The fourth-order valence-corrected chi connectivity index (χ4v) is 1.83. The summed E-state index contributed by atoms with van der Waals surface area (Å²) >= 11 is 0. The lowest BCUT2D eigenvalue weighted by atomic mass is 9.94. The average molecular weight is 158 g/mol. The third-order valence-corrected chi connectivity index (χ3v) is 2.56. The smallest absolute Gasteiger partial charge is 0.116 e. The Kier molecular flexibility index (Phi) is 1.87. The van der Waals surface area contributed by atoms with E-state index in [-0.39, 0.29) is 6.10 Å². The molecular weight excluding hydrogens is 144 g/mol. The molecule has 0 aromatic heterocycles. The van der Waals surface area contributed by atoms with Crippen LogP contribution >= 0.6 is 0 Å². The lowest BCUT2D eigenvalue weighted by Gasteiger charge is -2.26. The predicted octanol–water partition coefficient (Wildman–Crippen LogP) is 0.317. The highest BCUT2D eigenvalue weighted by Crippen LogP contribution is 2.30. The van der Waals surface area contributed by atoms with Gasteiger partial charge in [-0.2, -0.15) is 0 Å². The molecule has 1 N–H and O–H groups in total. The van der Waals surface area contributed by atoms with Crippen LogP contribution in [0.15, 0.2) is 0 Å². The van der Waals surface area contributed by atoms with E-state index in [0.717, 1.165) is 25.9 Å². The minimum Gasteiger partial charge on any atom is -0.385 e. The Morgan fingerprint density at radius 1 is 1.36 bits per heavy atom. The zero-order valence-electron chi connectivity index (χ0n) is 6.58. The highest BCUT2D eigenvalue weighted by atomic mass is 16.5. The molecule has 0 saturated carbocycles. The summed E-state index contributed by atoms with van der Waals surface area (Å²) in [5, 5.41) is 9.94. The first-order valence-corrected chi connectivity index (χ1v) is 4.23. The number of hydrogen-bond acceptors (Lipinski definition) is 3. The van der Waals surface area contributed by atoms with Crippen molar-refractivity contribution < 1.29 is 14.6 Å². The quantitative estimate of drug-likeness (QED) is 0.597. The Balaban J connectivity index is 2.00. The van der Waals surface area contributed by atoms with Gasteiger partial charge in [0.2, 0.25) is 0 Å². The summed E-state index contributed by atoms with van der Waals surface area (Å²) in [6, 6.07) is 0. The van der Waals surface area contributed by atoms with Crippen LogP contribution in [0.25, 0.3) is 0 Å². The van der Waals surface area contributed by atoms with Crippen LogP contribution in [0.4, 0.5) is 0 Å². The molecule has 0 radical (unpaired) electrons. The molecule has 2 aliphatic rings. The summed E-state index contributed by atoms with van der Waals surface area (Å²) in [5.41, 5.74) is -0.670. The van der Waals surface area contributed by atoms with Crippen molar-refractivity contribution in [1.82, 2.24) is 0 Å². The van der Waals surface area contributed by atoms with Crippen molar-refractivity contribution in [3.8, 4) is 0 Å². The summed E-state index contributed by atoms with van der Waals surface area (Å²) in [7, 11) is 0. The molecule has 0 bridgehead atoms. The van der Waals surface area contributed by atoms with Crippen molar-refractivity contribution in [3.05, 3.63) is 0 Å². The van der Waals surface area contributed by atoms with Crippen LogP contribution in [-0.2, 0) is 9.47 Å². The maximum Gasteiger partial charge on any atom is 0.116 e. The second kappa shape index (κ2) is 2.73. The second-order valence-electron chi connectivity index (χ2n) is 3.41. The topological polar surface area (TPSA) is 38.7 Å². The van der Waals surface area contributed by atoms with Gasteiger partial charge in [0.1, 0.15) is 5.60 Å². The third-order valence-electron chi connectivity index (χ3n) is 2.56. The largest absolute Gasteiger partial charge is 0.385 e. The van der Waals surface area contributed by atoms with Gasteiger partial charge < -0.3 is 14.6 Å². The SMILES string of the molecule is OC1(C2CCCO2)CCOC1. The molecule has 0 aliphatic carbocycles. The van der Waals surface area contributed by atoms with Gasteiger partial charge in [0, 0.05) is 19.6 Å². The number of aliphatic hydroxyl groups is 1. The zero-order valence-corrected chi connectivity index (χ0v) is 6.58. The predicted molar refractivity (Wildman–Crippen MR) is 39.4 cm³/mol. The van der Waals surface area contributed by atoms with E-state index in [1.165, 1.54) is 0 Å². The molecule has 2 atom stereocenters. The van der Waals surface area contributed by atoms with E-state index >= 15 is 0 Å². The maximum absolute atomic E-state index is 9.94. The molecule has 3 nitrogen and oxygen atoms in total. The molecule has 2 unspecified atom stereocenters. The van der Waals surface area contributed by atoms with Crippen molar-refractivity contribution in [2.75, 3.05) is 19.8 Å². The molecule has 2 aliphatic heterocycles. The van der Waals surface area contributed by atoms with Crippen LogP contribution in [0.2, 0.25) is 0 Å². The minimum absolute atomic E-state index is 0.0324. The van der Waals surface area contributed by atoms with Crippen LogP contribution in [0.3, 0.4) is 0 Å². The van der Waals surface area contributed by atoms with Crippen molar-refractivity contribution in [3.63, 3.8) is 0 Å². The van der Waals surface area contributed by atoms with Crippen molar-refractivity contribution >= 4 is 0 Å². The van der Waals surface area contributed by atoms with Crippen LogP contribution in [-0.4, -0.2) is 36.6 Å². The summed E-state index contributed by atoms with van der Waals surface area (Å²) in [5.74, 6) is 0. The molecule has 2 fully saturated rings. The number of hydrogen-bond donors (Lipinski definition) is 1. The van der Waals surface area contributed by atoms with Gasteiger partial charge in [0.15, 0.2) is 0 Å². The van der Waals surface area contributed by atoms with Crippen LogP contribution < -0.4 is 0 Å². The maximum atomic E-state index is 9.94. The van der Waals surface area contributed by atoms with Crippen molar-refractivity contribution in [1.29, 1.82) is 0 Å².